The van der Waals surface area contributed by atoms with Crippen molar-refractivity contribution in [3.05, 3.63) is 47.5 Å². The number of nitrogens with two attached hydrogens (primary N) is 1. The monoisotopic (exact) mass is 307 g/mol. The number of anilines is 2. The van der Waals surface area contributed by atoms with Gasteiger partial charge in [-0.15, -0.1) is 0 Å². The normalized spacial score (nSPS) is 10.3. The number of nitrogens with zero attached hydrogens (tertiary/aromatic N) is 1. The van der Waals surface area contributed by atoms with Gasteiger partial charge in [-0.3, -0.25) is 4.79 Å². The van der Waals surface area contributed by atoms with Crippen LogP contribution >= 0.6 is 0 Å². The van der Waals surface area contributed by atoms with E-state index in [2.05, 4.69) is 10.3 Å². The SMILES string of the molecule is CC(=O)Nc1ccc(OCCc2ccc(F)c(F)c2)nc1N. The maximum atomic E-state index is 13.1. The first kappa shape index (κ1) is 15.7. The van der Waals surface area contributed by atoms with E-state index < -0.39 is 11.6 Å². The lowest BCUT2D eigenvalue weighted by atomic mass is 10.1. The third kappa shape index (κ3) is 4.15. The molecule has 5 nitrogen and oxygen atoms in total. The zero-order valence-electron chi connectivity index (χ0n) is 11.9. The van der Waals surface area contributed by atoms with E-state index in [0.717, 1.165) is 12.1 Å². The summed E-state index contributed by atoms with van der Waals surface area (Å²) >= 11 is 0. The van der Waals surface area contributed by atoms with Gasteiger partial charge in [0.05, 0.1) is 12.3 Å². The summed E-state index contributed by atoms with van der Waals surface area (Å²) in [4.78, 5) is 14.9. The molecule has 0 saturated carbocycles. The van der Waals surface area contributed by atoms with Gasteiger partial charge in [0.25, 0.3) is 0 Å². The number of carbonyl (C=O) groups excluding carboxylic acids is 1. The standard InChI is InChI=1S/C15H15F2N3O2/c1-9(21)19-13-4-5-14(20-15(13)18)22-7-6-10-2-3-11(16)12(17)8-10/h2-5,8H,6-7H2,1H3,(H2,18,20)(H,19,21). The van der Waals surface area contributed by atoms with Crippen molar-refractivity contribution in [2.24, 2.45) is 0 Å². The van der Waals surface area contributed by atoms with E-state index >= 15 is 0 Å². The maximum Gasteiger partial charge on any atom is 0.221 e. The minimum absolute atomic E-state index is 0.139. The summed E-state index contributed by atoms with van der Waals surface area (Å²) in [7, 11) is 0. The number of halogens is 2. The number of rotatable bonds is 5. The Morgan fingerprint density at radius 3 is 2.68 bits per heavy atom. The van der Waals surface area contributed by atoms with Crippen molar-refractivity contribution in [2.45, 2.75) is 13.3 Å². The Bertz CT molecular complexity index is 692. The molecule has 0 radical (unpaired) electrons. The van der Waals surface area contributed by atoms with Crippen molar-refractivity contribution in [2.75, 3.05) is 17.7 Å². The maximum absolute atomic E-state index is 13.1. The van der Waals surface area contributed by atoms with Crippen molar-refractivity contribution in [3.63, 3.8) is 0 Å². The Hall–Kier alpha value is -2.70. The Morgan fingerprint density at radius 1 is 1.27 bits per heavy atom. The molecule has 3 N–H and O–H groups in total. The first-order valence-corrected chi connectivity index (χ1v) is 6.56. The number of hydrogen-bond donors (Lipinski definition) is 2. The molecule has 0 fully saturated rings. The van der Waals surface area contributed by atoms with Crippen molar-refractivity contribution in [1.82, 2.24) is 4.98 Å². The summed E-state index contributed by atoms with van der Waals surface area (Å²) in [5.41, 5.74) is 6.71. The van der Waals surface area contributed by atoms with E-state index in [-0.39, 0.29) is 24.2 Å². The number of aromatic nitrogens is 1. The molecular formula is C15H15F2N3O2. The highest BCUT2D eigenvalue weighted by atomic mass is 19.2. The lowest BCUT2D eigenvalue weighted by molar-refractivity contribution is -0.114. The first-order valence-electron chi connectivity index (χ1n) is 6.56. The van der Waals surface area contributed by atoms with Gasteiger partial charge in [-0.25, -0.2) is 8.78 Å². The number of ether oxygens (including phenoxy) is 1. The van der Waals surface area contributed by atoms with Crippen LogP contribution in [0.4, 0.5) is 20.3 Å². The molecule has 116 valence electrons. The number of carbonyl (C=O) groups is 1. The van der Waals surface area contributed by atoms with Crippen molar-refractivity contribution in [3.8, 4) is 5.88 Å². The van der Waals surface area contributed by atoms with E-state index in [1.165, 1.54) is 13.0 Å². The highest BCUT2D eigenvalue weighted by Gasteiger charge is 2.06. The quantitative estimate of drug-likeness (QED) is 0.890. The summed E-state index contributed by atoms with van der Waals surface area (Å²) < 4.78 is 31.3. The predicted molar refractivity (Wildman–Crippen MR) is 78.5 cm³/mol. The summed E-state index contributed by atoms with van der Waals surface area (Å²) in [5.74, 6) is -1.59. The van der Waals surface area contributed by atoms with E-state index in [1.807, 2.05) is 0 Å². The van der Waals surface area contributed by atoms with Crippen LogP contribution in [0.2, 0.25) is 0 Å². The van der Waals surface area contributed by atoms with Crippen molar-refractivity contribution >= 4 is 17.4 Å². The van der Waals surface area contributed by atoms with Crippen LogP contribution in [-0.2, 0) is 11.2 Å². The Labute approximate surface area is 126 Å². The topological polar surface area (TPSA) is 77.2 Å². The zero-order valence-corrected chi connectivity index (χ0v) is 11.9. The molecule has 1 aromatic heterocycles. The van der Waals surface area contributed by atoms with Crippen LogP contribution in [-0.4, -0.2) is 17.5 Å². The minimum Gasteiger partial charge on any atom is -0.477 e. The second-order valence-corrected chi connectivity index (χ2v) is 4.61. The molecule has 22 heavy (non-hydrogen) atoms. The molecule has 0 saturated heterocycles. The van der Waals surface area contributed by atoms with Crippen LogP contribution in [0.3, 0.4) is 0 Å². The lowest BCUT2D eigenvalue weighted by Gasteiger charge is -2.09. The molecule has 7 heteroatoms. The van der Waals surface area contributed by atoms with Gasteiger partial charge in [0.15, 0.2) is 17.5 Å². The minimum atomic E-state index is -0.889. The Kier molecular flexibility index (Phi) is 4.88. The van der Waals surface area contributed by atoms with Crippen LogP contribution in [0.1, 0.15) is 12.5 Å². The average Bonchev–Trinajstić information content (AvgIpc) is 2.45. The molecule has 0 aliphatic carbocycles. The van der Waals surface area contributed by atoms with Gasteiger partial charge in [-0.1, -0.05) is 6.07 Å². The van der Waals surface area contributed by atoms with E-state index in [0.29, 0.717) is 17.7 Å². The third-order valence-corrected chi connectivity index (χ3v) is 2.83. The summed E-state index contributed by atoms with van der Waals surface area (Å²) in [5, 5.41) is 2.53. The first-order chi connectivity index (χ1) is 10.5. The molecule has 0 aliphatic rings. The Balaban J connectivity index is 1.92. The third-order valence-electron chi connectivity index (χ3n) is 2.83. The molecule has 2 aromatic rings. The van der Waals surface area contributed by atoms with Gasteiger partial charge in [-0.05, 0) is 23.8 Å². The van der Waals surface area contributed by atoms with Gasteiger partial charge in [0, 0.05) is 19.4 Å². The number of nitrogens with one attached hydrogen (secondary N) is 1. The molecule has 0 bridgehead atoms. The predicted octanol–water partition coefficient (Wildman–Crippen LogP) is 2.52. The molecule has 0 spiro atoms. The van der Waals surface area contributed by atoms with Crippen LogP contribution in [0.25, 0.3) is 0 Å². The van der Waals surface area contributed by atoms with Crippen molar-refractivity contribution < 1.29 is 18.3 Å². The fourth-order valence-corrected chi connectivity index (χ4v) is 1.80. The molecule has 2 rings (SSSR count). The second-order valence-electron chi connectivity index (χ2n) is 4.61. The largest absolute Gasteiger partial charge is 0.477 e. The van der Waals surface area contributed by atoms with Gasteiger partial charge in [0.1, 0.15) is 0 Å². The highest BCUT2D eigenvalue weighted by Crippen LogP contribution is 2.20. The van der Waals surface area contributed by atoms with E-state index in [1.54, 1.807) is 12.1 Å². The lowest BCUT2D eigenvalue weighted by Crippen LogP contribution is -2.10. The summed E-state index contributed by atoms with van der Waals surface area (Å²) in [6.07, 6.45) is 0.395. The van der Waals surface area contributed by atoms with Gasteiger partial charge >= 0.3 is 0 Å². The average molecular weight is 307 g/mol. The van der Waals surface area contributed by atoms with Gasteiger partial charge < -0.3 is 15.8 Å². The number of pyridine rings is 1. The van der Waals surface area contributed by atoms with Crippen molar-refractivity contribution in [1.29, 1.82) is 0 Å². The fourth-order valence-electron chi connectivity index (χ4n) is 1.80. The number of benzene rings is 1. The highest BCUT2D eigenvalue weighted by molar-refractivity contribution is 5.91. The van der Waals surface area contributed by atoms with Crippen LogP contribution < -0.4 is 15.8 Å². The van der Waals surface area contributed by atoms with Crippen LogP contribution in [0.5, 0.6) is 5.88 Å². The summed E-state index contributed by atoms with van der Waals surface area (Å²) in [6.45, 7) is 1.60. The summed E-state index contributed by atoms with van der Waals surface area (Å²) in [6, 6.07) is 6.83. The molecular weight excluding hydrogens is 292 g/mol. The van der Waals surface area contributed by atoms with Crippen LogP contribution in [0.15, 0.2) is 30.3 Å². The number of amides is 1. The second kappa shape index (κ2) is 6.84. The molecule has 0 aliphatic heterocycles. The molecule has 1 amide bonds. The molecule has 0 atom stereocenters. The van der Waals surface area contributed by atoms with Gasteiger partial charge in [-0.2, -0.15) is 4.98 Å². The number of nitrogen functional groups attached to an aromatic ring is 1. The zero-order chi connectivity index (χ0) is 16.1. The molecule has 0 unspecified atom stereocenters. The molecule has 1 heterocycles. The smallest absolute Gasteiger partial charge is 0.221 e. The van der Waals surface area contributed by atoms with Gasteiger partial charge in [0.2, 0.25) is 11.8 Å². The molecule has 1 aromatic carbocycles. The fraction of sp³-hybridized carbons (Fsp3) is 0.200. The number of hydrogen-bond acceptors (Lipinski definition) is 4. The van der Waals surface area contributed by atoms with E-state index in [9.17, 15) is 13.6 Å². The Morgan fingerprint density at radius 2 is 2.05 bits per heavy atom. The van der Waals surface area contributed by atoms with Crippen LogP contribution in [0, 0.1) is 11.6 Å². The van der Waals surface area contributed by atoms with E-state index in [4.69, 9.17) is 10.5 Å².